The minimum atomic E-state index is -2.69. The van der Waals surface area contributed by atoms with Crippen molar-refractivity contribution in [1.29, 1.82) is 0 Å². The van der Waals surface area contributed by atoms with Crippen LogP contribution >= 0.6 is 0 Å². The summed E-state index contributed by atoms with van der Waals surface area (Å²) in [5, 5.41) is 0. The molecular formula is C24H35NO3Si. The van der Waals surface area contributed by atoms with Gasteiger partial charge < -0.3 is 18.2 Å². The Morgan fingerprint density at radius 3 is 2.07 bits per heavy atom. The van der Waals surface area contributed by atoms with E-state index < -0.39 is 8.80 Å². The first-order valence-corrected chi connectivity index (χ1v) is 12.3. The molecular weight excluding hydrogens is 378 g/mol. The summed E-state index contributed by atoms with van der Waals surface area (Å²) in [5.74, 6) is 0. The molecule has 158 valence electrons. The third kappa shape index (κ3) is 7.44. The molecule has 1 unspecified atom stereocenters. The summed E-state index contributed by atoms with van der Waals surface area (Å²) >= 11 is 0. The van der Waals surface area contributed by atoms with Crippen molar-refractivity contribution >= 4 is 8.80 Å². The van der Waals surface area contributed by atoms with Crippen molar-refractivity contribution < 1.29 is 13.3 Å². The van der Waals surface area contributed by atoms with Crippen LogP contribution in [-0.2, 0) is 26.2 Å². The predicted molar refractivity (Wildman–Crippen MR) is 122 cm³/mol. The molecule has 0 radical (unpaired) electrons. The third-order valence-electron chi connectivity index (χ3n) is 5.34. The van der Waals surface area contributed by atoms with Crippen molar-refractivity contribution in [3.05, 3.63) is 84.6 Å². The number of rotatable bonds is 14. The van der Waals surface area contributed by atoms with Crippen LogP contribution in [0.4, 0.5) is 0 Å². The van der Waals surface area contributed by atoms with Crippen molar-refractivity contribution in [3.8, 4) is 0 Å². The molecule has 0 bridgehead atoms. The molecule has 0 fully saturated rings. The van der Waals surface area contributed by atoms with E-state index in [2.05, 4.69) is 66.9 Å². The van der Waals surface area contributed by atoms with Gasteiger partial charge in [0.25, 0.3) is 0 Å². The molecule has 0 N–H and O–H groups in total. The molecule has 0 spiro atoms. The number of hydrogen-bond acceptors (Lipinski definition) is 4. The quantitative estimate of drug-likeness (QED) is 0.394. The van der Waals surface area contributed by atoms with Crippen molar-refractivity contribution in [2.75, 3.05) is 20.8 Å². The molecule has 29 heavy (non-hydrogen) atoms. The van der Waals surface area contributed by atoms with Gasteiger partial charge in [-0.15, -0.1) is 0 Å². The van der Waals surface area contributed by atoms with Gasteiger partial charge in [-0.2, -0.15) is 0 Å². The highest BCUT2D eigenvalue weighted by molar-refractivity contribution is 6.60. The summed E-state index contributed by atoms with van der Waals surface area (Å²) in [6.45, 7) is 7.71. The summed E-state index contributed by atoms with van der Waals surface area (Å²) < 4.78 is 17.8. The second kappa shape index (κ2) is 12.6. The molecule has 0 saturated carbocycles. The van der Waals surface area contributed by atoms with Gasteiger partial charge in [-0.05, 0) is 36.6 Å². The summed E-state index contributed by atoms with van der Waals surface area (Å²) in [5.41, 5.74) is 2.54. The van der Waals surface area contributed by atoms with Crippen molar-refractivity contribution in [2.24, 2.45) is 0 Å². The Bertz CT molecular complexity index is 692. The Kier molecular flexibility index (Phi) is 10.1. The highest BCUT2D eigenvalue weighted by atomic mass is 28.4. The Labute approximate surface area is 177 Å². The lowest BCUT2D eigenvalue weighted by Crippen LogP contribution is -2.45. The molecule has 0 aliphatic carbocycles. The van der Waals surface area contributed by atoms with Crippen LogP contribution in [0.1, 0.15) is 30.9 Å². The van der Waals surface area contributed by atoms with Crippen molar-refractivity contribution in [2.45, 2.75) is 44.8 Å². The topological polar surface area (TPSA) is 30.9 Å². The molecule has 0 aliphatic heterocycles. The summed E-state index contributed by atoms with van der Waals surface area (Å²) in [6, 6.07) is 22.0. The standard InChI is InChI=1S/C24H35NO3Si/c1-5-24(25(6-2)21-23-15-11-8-12-16-23)18-20-29(26-3,27-4)28-19-17-22-13-9-7-10-14-22/h6-16,24H,2,5,17-21H2,1,3-4H3. The zero-order chi connectivity index (χ0) is 21.0. The van der Waals surface area contributed by atoms with E-state index in [0.717, 1.165) is 31.9 Å². The lowest BCUT2D eigenvalue weighted by Gasteiger charge is -2.33. The van der Waals surface area contributed by atoms with Crippen LogP contribution < -0.4 is 0 Å². The van der Waals surface area contributed by atoms with Crippen LogP contribution in [0.5, 0.6) is 0 Å². The first-order valence-electron chi connectivity index (χ1n) is 10.4. The van der Waals surface area contributed by atoms with Crippen LogP contribution in [0.2, 0.25) is 6.04 Å². The smallest absolute Gasteiger partial charge is 0.377 e. The lowest BCUT2D eigenvalue weighted by molar-refractivity contribution is 0.0956. The zero-order valence-corrected chi connectivity index (χ0v) is 19.0. The number of hydrogen-bond donors (Lipinski definition) is 0. The van der Waals surface area contributed by atoms with E-state index in [1.165, 1.54) is 11.1 Å². The van der Waals surface area contributed by atoms with E-state index in [4.69, 9.17) is 13.3 Å². The minimum Gasteiger partial charge on any atom is -0.377 e. The van der Waals surface area contributed by atoms with Gasteiger partial charge in [0.05, 0.1) is 0 Å². The Hall–Kier alpha value is -1.92. The monoisotopic (exact) mass is 413 g/mol. The summed E-state index contributed by atoms with van der Waals surface area (Å²) in [6.07, 6.45) is 4.77. The SMILES string of the molecule is C=CN(Cc1ccccc1)C(CC)CC[Si](OC)(OC)OCCc1ccccc1. The van der Waals surface area contributed by atoms with Crippen LogP contribution in [-0.4, -0.2) is 40.6 Å². The van der Waals surface area contributed by atoms with Crippen molar-refractivity contribution in [1.82, 2.24) is 4.90 Å². The van der Waals surface area contributed by atoms with Gasteiger partial charge in [0, 0.05) is 39.5 Å². The largest absolute Gasteiger partial charge is 0.500 e. The molecule has 2 aromatic rings. The second-order valence-electron chi connectivity index (χ2n) is 7.12. The minimum absolute atomic E-state index is 0.364. The van der Waals surface area contributed by atoms with E-state index in [9.17, 15) is 0 Å². The molecule has 2 aromatic carbocycles. The van der Waals surface area contributed by atoms with Gasteiger partial charge >= 0.3 is 8.80 Å². The Balaban J connectivity index is 1.93. The van der Waals surface area contributed by atoms with Gasteiger partial charge in [0.15, 0.2) is 0 Å². The number of nitrogens with zero attached hydrogens (tertiary/aromatic N) is 1. The lowest BCUT2D eigenvalue weighted by atomic mass is 10.1. The van der Waals surface area contributed by atoms with E-state index in [0.29, 0.717) is 12.6 Å². The highest BCUT2D eigenvalue weighted by Gasteiger charge is 2.39. The summed E-state index contributed by atoms with van der Waals surface area (Å²) in [4.78, 5) is 2.31. The van der Waals surface area contributed by atoms with E-state index in [1.807, 2.05) is 18.3 Å². The molecule has 4 nitrogen and oxygen atoms in total. The molecule has 0 amide bonds. The average molecular weight is 414 g/mol. The second-order valence-corrected chi connectivity index (χ2v) is 10.1. The maximum Gasteiger partial charge on any atom is 0.500 e. The van der Waals surface area contributed by atoms with Crippen molar-refractivity contribution in [3.63, 3.8) is 0 Å². The van der Waals surface area contributed by atoms with E-state index in [1.54, 1.807) is 14.2 Å². The third-order valence-corrected chi connectivity index (χ3v) is 8.13. The van der Waals surface area contributed by atoms with Crippen LogP contribution in [0.15, 0.2) is 73.4 Å². The summed E-state index contributed by atoms with van der Waals surface area (Å²) in [7, 11) is 0.718. The first-order chi connectivity index (χ1) is 14.2. The van der Waals surface area contributed by atoms with Gasteiger partial charge in [0.1, 0.15) is 0 Å². The van der Waals surface area contributed by atoms with E-state index >= 15 is 0 Å². The number of benzene rings is 2. The normalized spacial score (nSPS) is 12.5. The van der Waals surface area contributed by atoms with Crippen LogP contribution in [0, 0.1) is 0 Å². The molecule has 2 rings (SSSR count). The van der Waals surface area contributed by atoms with Crippen LogP contribution in [0.3, 0.4) is 0 Å². The van der Waals surface area contributed by atoms with Gasteiger partial charge in [-0.1, -0.05) is 74.2 Å². The first kappa shape index (κ1) is 23.4. The fraction of sp³-hybridized carbons (Fsp3) is 0.417. The average Bonchev–Trinajstić information content (AvgIpc) is 2.78. The highest BCUT2D eigenvalue weighted by Crippen LogP contribution is 2.23. The molecule has 0 aliphatic rings. The Morgan fingerprint density at radius 2 is 1.55 bits per heavy atom. The van der Waals surface area contributed by atoms with Crippen LogP contribution in [0.25, 0.3) is 0 Å². The van der Waals surface area contributed by atoms with Gasteiger partial charge in [0.2, 0.25) is 0 Å². The fourth-order valence-electron chi connectivity index (χ4n) is 3.53. The molecule has 0 heterocycles. The van der Waals surface area contributed by atoms with E-state index in [-0.39, 0.29) is 0 Å². The fourth-order valence-corrected chi connectivity index (χ4v) is 5.59. The predicted octanol–water partition coefficient (Wildman–Crippen LogP) is 5.29. The molecule has 1 atom stereocenters. The molecule has 0 aromatic heterocycles. The molecule has 0 saturated heterocycles. The maximum atomic E-state index is 6.21. The Morgan fingerprint density at radius 1 is 0.966 bits per heavy atom. The maximum absolute atomic E-state index is 6.21. The molecule has 5 heteroatoms. The van der Waals surface area contributed by atoms with Gasteiger partial charge in [-0.3, -0.25) is 0 Å². The zero-order valence-electron chi connectivity index (χ0n) is 18.0. The van der Waals surface area contributed by atoms with Gasteiger partial charge in [-0.25, -0.2) is 0 Å².